The number of aliphatic hydroxyl groups is 1. The van der Waals surface area contributed by atoms with Gasteiger partial charge in [0.05, 0.1) is 17.1 Å². The fraction of sp³-hybridized carbons (Fsp3) is 0.231. The molecule has 0 aromatic carbocycles. The van der Waals surface area contributed by atoms with Crippen LogP contribution in [0.4, 0.5) is 11.8 Å². The Morgan fingerprint density at radius 3 is 2.49 bits per heavy atom. The molecular formula is C26H24N10O3. The van der Waals surface area contributed by atoms with Crippen LogP contribution in [0.3, 0.4) is 0 Å². The van der Waals surface area contributed by atoms with Gasteiger partial charge in [0.15, 0.2) is 11.6 Å². The van der Waals surface area contributed by atoms with E-state index in [2.05, 4.69) is 40.5 Å². The monoisotopic (exact) mass is 524 g/mol. The quantitative estimate of drug-likeness (QED) is 0.336. The highest BCUT2D eigenvalue weighted by molar-refractivity contribution is 5.87. The zero-order valence-corrected chi connectivity index (χ0v) is 21.4. The summed E-state index contributed by atoms with van der Waals surface area (Å²) in [6.07, 6.45) is 3.57. The fourth-order valence-electron chi connectivity index (χ4n) is 4.43. The zero-order chi connectivity index (χ0) is 27.1. The molecule has 0 bridgehead atoms. The highest BCUT2D eigenvalue weighted by atomic mass is 16.5. The van der Waals surface area contributed by atoms with Crippen molar-refractivity contribution in [3.8, 4) is 34.2 Å². The normalized spacial score (nSPS) is 17.1. The Morgan fingerprint density at radius 2 is 1.79 bits per heavy atom. The molecule has 0 saturated carbocycles. The van der Waals surface area contributed by atoms with Crippen molar-refractivity contribution in [3.05, 3.63) is 66.4 Å². The molecule has 6 heterocycles. The highest BCUT2D eigenvalue weighted by Crippen LogP contribution is 2.34. The summed E-state index contributed by atoms with van der Waals surface area (Å²) >= 11 is 0. The second-order valence-electron chi connectivity index (χ2n) is 9.25. The van der Waals surface area contributed by atoms with E-state index in [0.717, 1.165) is 11.4 Å². The summed E-state index contributed by atoms with van der Waals surface area (Å²) in [5.74, 6) is 2.02. The number of hydrogen-bond donors (Lipinski definition) is 2. The molecular weight excluding hydrogens is 500 g/mol. The second-order valence-corrected chi connectivity index (χ2v) is 9.25. The van der Waals surface area contributed by atoms with Crippen LogP contribution in [0.2, 0.25) is 0 Å². The van der Waals surface area contributed by atoms with Crippen molar-refractivity contribution >= 4 is 17.7 Å². The van der Waals surface area contributed by atoms with Crippen molar-refractivity contribution in [2.75, 3.05) is 18.9 Å². The first kappa shape index (κ1) is 24.3. The fourth-order valence-corrected chi connectivity index (χ4v) is 4.43. The van der Waals surface area contributed by atoms with E-state index in [-0.39, 0.29) is 12.2 Å². The molecule has 0 aliphatic carbocycles. The van der Waals surface area contributed by atoms with Gasteiger partial charge in [0.25, 0.3) is 5.91 Å². The van der Waals surface area contributed by atoms with Crippen LogP contribution in [0, 0.1) is 6.92 Å². The minimum atomic E-state index is -1.72. The van der Waals surface area contributed by atoms with E-state index in [9.17, 15) is 9.90 Å². The molecule has 0 spiro atoms. The first-order valence-electron chi connectivity index (χ1n) is 12.2. The van der Waals surface area contributed by atoms with E-state index in [1.54, 1.807) is 42.3 Å². The number of aromatic nitrogens is 8. The number of nitrogens with one attached hydrogen (secondary N) is 1. The third-order valence-corrected chi connectivity index (χ3v) is 6.49. The summed E-state index contributed by atoms with van der Waals surface area (Å²) in [5.41, 5.74) is 1.19. The minimum absolute atomic E-state index is 0.0976. The molecule has 13 nitrogen and oxygen atoms in total. The molecule has 1 fully saturated rings. The maximum Gasteiger partial charge on any atom is 0.262 e. The maximum atomic E-state index is 12.4. The number of carbonyl (C=O) groups excluding carboxylic acids is 1. The summed E-state index contributed by atoms with van der Waals surface area (Å²) in [5, 5.41) is 22.3. The smallest absolute Gasteiger partial charge is 0.262 e. The molecule has 6 rings (SSSR count). The van der Waals surface area contributed by atoms with E-state index in [1.807, 2.05) is 38.2 Å². The number of nitrogens with zero attached hydrogens (tertiary/aromatic N) is 9. The predicted molar refractivity (Wildman–Crippen MR) is 139 cm³/mol. The summed E-state index contributed by atoms with van der Waals surface area (Å²) in [6, 6.07) is 12.4. The number of likely N-dealkylation sites (N-methyl/N-ethyl adjacent to an activating group) is 1. The Kier molecular flexibility index (Phi) is 5.84. The number of amides is 1. The largest absolute Gasteiger partial charge is 0.373 e. The Hall–Kier alpha value is -5.04. The van der Waals surface area contributed by atoms with E-state index >= 15 is 0 Å². The van der Waals surface area contributed by atoms with Crippen molar-refractivity contribution in [2.45, 2.75) is 18.9 Å². The minimum Gasteiger partial charge on any atom is -0.373 e. The number of anilines is 2. The predicted octanol–water partition coefficient (Wildman–Crippen LogP) is 2.49. The van der Waals surface area contributed by atoms with Crippen molar-refractivity contribution in [2.24, 2.45) is 7.05 Å². The van der Waals surface area contributed by atoms with Gasteiger partial charge in [0, 0.05) is 51.1 Å². The molecule has 1 atom stereocenters. The lowest BCUT2D eigenvalue weighted by atomic mass is 9.98. The summed E-state index contributed by atoms with van der Waals surface area (Å²) in [6.45, 7) is 2.27. The molecule has 1 aliphatic rings. The summed E-state index contributed by atoms with van der Waals surface area (Å²) in [4.78, 5) is 36.3. The van der Waals surface area contributed by atoms with Crippen LogP contribution < -0.4 is 5.32 Å². The summed E-state index contributed by atoms with van der Waals surface area (Å²) < 4.78 is 7.07. The van der Waals surface area contributed by atoms with Gasteiger partial charge in [-0.2, -0.15) is 5.10 Å². The number of likely N-dealkylation sites (tertiary alicyclic amines) is 1. The van der Waals surface area contributed by atoms with Gasteiger partial charge in [-0.3, -0.25) is 4.79 Å². The van der Waals surface area contributed by atoms with Crippen LogP contribution in [-0.2, 0) is 17.4 Å². The third kappa shape index (κ3) is 4.48. The van der Waals surface area contributed by atoms with Gasteiger partial charge in [-0.15, -0.1) is 0 Å². The van der Waals surface area contributed by atoms with E-state index in [0.29, 0.717) is 46.9 Å². The Labute approximate surface area is 222 Å². The number of carbonyl (C=O) groups is 1. The average Bonchev–Trinajstić information content (AvgIpc) is 3.65. The molecule has 196 valence electrons. The lowest BCUT2D eigenvalue weighted by molar-refractivity contribution is -0.144. The summed E-state index contributed by atoms with van der Waals surface area (Å²) in [7, 11) is 3.48. The maximum absolute atomic E-state index is 12.4. The first-order valence-corrected chi connectivity index (χ1v) is 12.2. The van der Waals surface area contributed by atoms with Gasteiger partial charge < -0.3 is 19.8 Å². The van der Waals surface area contributed by atoms with Crippen molar-refractivity contribution in [1.82, 2.24) is 44.8 Å². The topological polar surface area (TPSA) is 161 Å². The molecule has 13 heteroatoms. The Balaban J connectivity index is 1.21. The van der Waals surface area contributed by atoms with Gasteiger partial charge in [-0.25, -0.2) is 29.6 Å². The van der Waals surface area contributed by atoms with Crippen molar-refractivity contribution < 1.29 is 14.4 Å². The Bertz CT molecular complexity index is 1680. The molecule has 5 aromatic heterocycles. The van der Waals surface area contributed by atoms with Crippen LogP contribution in [0.25, 0.3) is 34.2 Å². The van der Waals surface area contributed by atoms with Crippen LogP contribution in [0.15, 0.2) is 59.4 Å². The number of rotatable bonds is 6. The van der Waals surface area contributed by atoms with E-state index in [4.69, 9.17) is 4.52 Å². The average molecular weight is 525 g/mol. The standard InChI is InChI=1S/C26H24N10O3/c1-15-29-23(36(3)33-15)16-7-8-22(28-14-16)32-25-27-11-9-19(31-25)17-5-4-6-18(30-17)20-13-21(39-34-20)26(38)10-12-35(2)24(26)37/h4-9,11,13-14,38H,10,12H2,1-3H3,(H,27,28,31,32)/t26-/m1/s1. The zero-order valence-electron chi connectivity index (χ0n) is 21.4. The SMILES string of the molecule is Cc1nc(-c2ccc(Nc3nccc(-c4cccc(-c5cc([C@]6(O)CCN(C)C6=O)on5)n4)n3)nc2)n(C)n1. The molecule has 5 aromatic rings. The van der Waals surface area contributed by atoms with Gasteiger partial charge >= 0.3 is 0 Å². The molecule has 1 aliphatic heterocycles. The van der Waals surface area contributed by atoms with Gasteiger partial charge in [0.2, 0.25) is 11.5 Å². The molecule has 0 radical (unpaired) electrons. The van der Waals surface area contributed by atoms with Crippen LogP contribution in [0.1, 0.15) is 18.0 Å². The highest BCUT2D eigenvalue weighted by Gasteiger charge is 2.48. The first-order chi connectivity index (χ1) is 18.8. The van der Waals surface area contributed by atoms with Gasteiger partial charge in [-0.05, 0) is 37.3 Å². The molecule has 1 saturated heterocycles. The lowest BCUT2D eigenvalue weighted by Crippen LogP contribution is -2.35. The van der Waals surface area contributed by atoms with Crippen molar-refractivity contribution in [3.63, 3.8) is 0 Å². The number of pyridine rings is 2. The third-order valence-electron chi connectivity index (χ3n) is 6.49. The molecule has 39 heavy (non-hydrogen) atoms. The second kappa shape index (κ2) is 9.36. The van der Waals surface area contributed by atoms with Crippen LogP contribution in [-0.4, -0.2) is 69.4 Å². The van der Waals surface area contributed by atoms with E-state index < -0.39 is 11.5 Å². The van der Waals surface area contributed by atoms with Crippen LogP contribution >= 0.6 is 0 Å². The van der Waals surface area contributed by atoms with E-state index in [1.165, 1.54) is 4.90 Å². The Morgan fingerprint density at radius 1 is 1.00 bits per heavy atom. The van der Waals surface area contributed by atoms with Gasteiger partial charge in [-0.1, -0.05) is 11.2 Å². The number of aryl methyl sites for hydroxylation is 2. The van der Waals surface area contributed by atoms with Crippen LogP contribution in [0.5, 0.6) is 0 Å². The lowest BCUT2D eigenvalue weighted by Gasteiger charge is -2.16. The molecule has 2 N–H and O–H groups in total. The molecule has 1 amide bonds. The van der Waals surface area contributed by atoms with Crippen molar-refractivity contribution in [1.29, 1.82) is 0 Å². The molecule has 0 unspecified atom stereocenters. The van der Waals surface area contributed by atoms with Gasteiger partial charge in [0.1, 0.15) is 17.3 Å². The number of hydrogen-bond acceptors (Lipinski definition) is 11.